The number of fused-ring (bicyclic) bond motifs is 1. The first-order valence-electron chi connectivity index (χ1n) is 4.18. The van der Waals surface area contributed by atoms with Crippen LogP contribution in [0.5, 0.6) is 0 Å². The molecule has 0 amide bonds. The normalized spacial score (nSPS) is 11.9. The molecule has 7 heteroatoms. The number of sulfone groups is 1. The maximum absolute atomic E-state index is 11.3. The van der Waals surface area contributed by atoms with Crippen LogP contribution in [-0.4, -0.2) is 24.9 Å². The summed E-state index contributed by atoms with van der Waals surface area (Å²) in [6.07, 6.45) is 1.13. The van der Waals surface area contributed by atoms with Crippen molar-refractivity contribution in [1.29, 1.82) is 0 Å². The number of hydrogen-bond donors (Lipinski definition) is 0. The summed E-state index contributed by atoms with van der Waals surface area (Å²) in [5, 5.41) is -0.468. The van der Waals surface area contributed by atoms with Crippen molar-refractivity contribution in [3.63, 3.8) is 0 Å². The lowest BCUT2D eigenvalue weighted by Crippen LogP contribution is -1.95. The fraction of sp³-hybridized carbons (Fsp3) is 0.111. The predicted octanol–water partition coefficient (Wildman–Crippen LogP) is 2.08. The average Bonchev–Trinajstić information content (AvgIpc) is 2.58. The molecular weight excluding hydrogens is 270 g/mol. The Kier molecular flexibility index (Phi) is 2.73. The van der Waals surface area contributed by atoms with Gasteiger partial charge in [0.1, 0.15) is 0 Å². The third kappa shape index (κ3) is 2.09. The van der Waals surface area contributed by atoms with Gasteiger partial charge in [0.05, 0.1) is 15.1 Å². The lowest BCUT2D eigenvalue weighted by molar-refractivity contribution is 0.108. The molecular formula is C9H6ClNO3S2. The molecule has 0 unspecified atom stereocenters. The molecule has 0 radical (unpaired) electrons. The number of nitrogens with zero attached hydrogens (tertiary/aromatic N) is 1. The molecule has 16 heavy (non-hydrogen) atoms. The van der Waals surface area contributed by atoms with Crippen LogP contribution < -0.4 is 0 Å². The molecule has 0 atom stereocenters. The summed E-state index contributed by atoms with van der Waals surface area (Å²) in [6.45, 7) is 0. The van der Waals surface area contributed by atoms with Crippen LogP contribution in [0.3, 0.4) is 0 Å². The average molecular weight is 276 g/mol. The van der Waals surface area contributed by atoms with Gasteiger partial charge in [-0.2, -0.15) is 0 Å². The molecule has 1 aromatic carbocycles. The molecule has 0 bridgehead atoms. The summed E-state index contributed by atoms with van der Waals surface area (Å²) in [7, 11) is -3.24. The standard InChI is InChI=1S/C9H6ClNO3S2/c1-16(13,14)5-2-3-6-7(4-5)15-9(11-6)8(10)12/h2-4H,1H3. The summed E-state index contributed by atoms with van der Waals surface area (Å²) < 4.78 is 23.2. The zero-order valence-corrected chi connectivity index (χ0v) is 10.5. The van der Waals surface area contributed by atoms with E-state index in [4.69, 9.17) is 11.6 Å². The van der Waals surface area contributed by atoms with Gasteiger partial charge in [0.15, 0.2) is 14.8 Å². The summed E-state index contributed by atoms with van der Waals surface area (Å²) in [6, 6.07) is 4.51. The molecule has 0 spiro atoms. The number of carbonyl (C=O) groups is 1. The van der Waals surface area contributed by atoms with Crippen molar-refractivity contribution in [2.24, 2.45) is 0 Å². The zero-order valence-electron chi connectivity index (χ0n) is 8.10. The fourth-order valence-corrected chi connectivity index (χ4v) is 2.94. The van der Waals surface area contributed by atoms with Crippen molar-refractivity contribution in [3.05, 3.63) is 23.2 Å². The maximum atomic E-state index is 11.3. The Hall–Kier alpha value is -0.980. The van der Waals surface area contributed by atoms with Crippen LogP contribution >= 0.6 is 22.9 Å². The van der Waals surface area contributed by atoms with Crippen LogP contribution in [-0.2, 0) is 9.84 Å². The van der Waals surface area contributed by atoms with Gasteiger partial charge < -0.3 is 0 Å². The highest BCUT2D eigenvalue weighted by molar-refractivity contribution is 7.90. The molecule has 2 rings (SSSR count). The second kappa shape index (κ2) is 3.80. The first-order chi connectivity index (χ1) is 7.38. The van der Waals surface area contributed by atoms with E-state index in [1.807, 2.05) is 0 Å². The molecule has 0 fully saturated rings. The van der Waals surface area contributed by atoms with Crippen LogP contribution in [0, 0.1) is 0 Å². The largest absolute Gasteiger partial charge is 0.281 e. The Labute approximate surface area is 101 Å². The first kappa shape index (κ1) is 11.5. The van der Waals surface area contributed by atoms with E-state index in [0.717, 1.165) is 17.6 Å². The van der Waals surface area contributed by atoms with Gasteiger partial charge >= 0.3 is 0 Å². The van der Waals surface area contributed by atoms with Gasteiger partial charge in [0.2, 0.25) is 0 Å². The first-order valence-corrected chi connectivity index (χ1v) is 7.27. The van der Waals surface area contributed by atoms with Crippen LogP contribution in [0.25, 0.3) is 10.2 Å². The van der Waals surface area contributed by atoms with E-state index in [2.05, 4.69) is 4.98 Å². The van der Waals surface area contributed by atoms with Crippen LogP contribution in [0.15, 0.2) is 23.1 Å². The zero-order chi connectivity index (χ0) is 11.9. The van der Waals surface area contributed by atoms with Gasteiger partial charge in [-0.3, -0.25) is 4.79 Å². The van der Waals surface area contributed by atoms with Crippen molar-refractivity contribution in [3.8, 4) is 0 Å². The van der Waals surface area contributed by atoms with E-state index < -0.39 is 15.1 Å². The second-order valence-electron chi connectivity index (χ2n) is 3.19. The van der Waals surface area contributed by atoms with Gasteiger partial charge in [-0.15, -0.1) is 11.3 Å². The van der Waals surface area contributed by atoms with Gasteiger partial charge in [-0.1, -0.05) is 0 Å². The van der Waals surface area contributed by atoms with E-state index in [-0.39, 0.29) is 9.90 Å². The third-order valence-corrected chi connectivity index (χ3v) is 4.37. The van der Waals surface area contributed by atoms with Crippen molar-refractivity contribution < 1.29 is 13.2 Å². The van der Waals surface area contributed by atoms with E-state index >= 15 is 0 Å². The van der Waals surface area contributed by atoms with Crippen LogP contribution in [0.1, 0.15) is 9.80 Å². The van der Waals surface area contributed by atoms with Crippen molar-refractivity contribution >= 4 is 48.2 Å². The summed E-state index contributed by atoms with van der Waals surface area (Å²) in [4.78, 5) is 15.1. The van der Waals surface area contributed by atoms with E-state index in [1.165, 1.54) is 12.1 Å². The molecule has 1 aromatic heterocycles. The van der Waals surface area contributed by atoms with Crippen molar-refractivity contribution in [1.82, 2.24) is 4.98 Å². The highest BCUT2D eigenvalue weighted by Crippen LogP contribution is 2.25. The van der Waals surface area contributed by atoms with Gasteiger partial charge in [0, 0.05) is 6.26 Å². The SMILES string of the molecule is CS(=O)(=O)c1ccc2nc(C(=O)Cl)sc2c1. The van der Waals surface area contributed by atoms with E-state index in [9.17, 15) is 13.2 Å². The summed E-state index contributed by atoms with van der Waals surface area (Å²) in [5.74, 6) is 0. The number of rotatable bonds is 2. The lowest BCUT2D eigenvalue weighted by Gasteiger charge is -1.96. The lowest BCUT2D eigenvalue weighted by atomic mass is 10.3. The minimum atomic E-state index is -3.24. The number of aromatic nitrogens is 1. The molecule has 0 saturated heterocycles. The summed E-state index contributed by atoms with van der Waals surface area (Å²) >= 11 is 6.37. The fourth-order valence-electron chi connectivity index (χ4n) is 1.22. The molecule has 0 aliphatic heterocycles. The Balaban J connectivity index is 2.67. The van der Waals surface area contributed by atoms with Crippen LogP contribution in [0.4, 0.5) is 0 Å². The number of halogens is 1. The molecule has 0 aliphatic rings. The monoisotopic (exact) mass is 275 g/mol. The number of carbonyl (C=O) groups excluding carboxylic acids is 1. The van der Waals surface area contributed by atoms with Crippen LogP contribution in [0.2, 0.25) is 0 Å². The number of hydrogen-bond acceptors (Lipinski definition) is 5. The number of benzene rings is 1. The topological polar surface area (TPSA) is 64.1 Å². The Morgan fingerprint density at radius 3 is 2.69 bits per heavy atom. The Morgan fingerprint density at radius 1 is 1.44 bits per heavy atom. The smallest absolute Gasteiger partial charge is 0.273 e. The number of thiazole rings is 1. The third-order valence-electron chi connectivity index (χ3n) is 1.96. The van der Waals surface area contributed by atoms with Crippen molar-refractivity contribution in [2.45, 2.75) is 4.90 Å². The molecule has 2 aromatic rings. The molecule has 0 aliphatic carbocycles. The highest BCUT2D eigenvalue weighted by atomic mass is 35.5. The second-order valence-corrected chi connectivity index (χ2v) is 6.58. The van der Waals surface area contributed by atoms with E-state index in [0.29, 0.717) is 10.2 Å². The van der Waals surface area contributed by atoms with Crippen molar-refractivity contribution in [2.75, 3.05) is 6.26 Å². The predicted molar refractivity (Wildman–Crippen MR) is 62.9 cm³/mol. The molecule has 1 heterocycles. The minimum absolute atomic E-state index is 0.169. The quantitative estimate of drug-likeness (QED) is 0.787. The van der Waals surface area contributed by atoms with Gasteiger partial charge in [0.25, 0.3) is 5.24 Å². The molecule has 0 saturated carbocycles. The van der Waals surface area contributed by atoms with Gasteiger partial charge in [-0.25, -0.2) is 13.4 Å². The molecule has 84 valence electrons. The minimum Gasteiger partial charge on any atom is -0.273 e. The molecule has 0 N–H and O–H groups in total. The Morgan fingerprint density at radius 2 is 2.12 bits per heavy atom. The summed E-state index contributed by atoms with van der Waals surface area (Å²) in [5.41, 5.74) is 0.571. The Bertz CT molecular complexity index is 675. The maximum Gasteiger partial charge on any atom is 0.281 e. The van der Waals surface area contributed by atoms with Gasteiger partial charge in [-0.05, 0) is 29.8 Å². The highest BCUT2D eigenvalue weighted by Gasteiger charge is 2.13. The molecule has 4 nitrogen and oxygen atoms in total. The van der Waals surface area contributed by atoms with E-state index in [1.54, 1.807) is 6.07 Å².